The van der Waals surface area contributed by atoms with E-state index in [0.29, 0.717) is 16.3 Å². The van der Waals surface area contributed by atoms with E-state index in [0.717, 1.165) is 18.8 Å². The minimum atomic E-state index is -1.41. The molecule has 0 unspecified atom stereocenters. The van der Waals surface area contributed by atoms with Crippen molar-refractivity contribution in [3.8, 4) is 5.75 Å². The van der Waals surface area contributed by atoms with Crippen molar-refractivity contribution in [2.75, 3.05) is 6.61 Å². The molecule has 148 valence electrons. The molecule has 0 amide bonds. The van der Waals surface area contributed by atoms with Crippen molar-refractivity contribution < 1.29 is 14.8 Å². The predicted molar refractivity (Wildman–Crippen MR) is 112 cm³/mol. The summed E-state index contributed by atoms with van der Waals surface area (Å²) in [5.74, 6) is 0.788. The number of hydrogen-bond acceptors (Lipinski definition) is 3. The van der Waals surface area contributed by atoms with Crippen LogP contribution in [0, 0.1) is 10.8 Å². The van der Waals surface area contributed by atoms with Crippen LogP contribution < -0.4 is 10.2 Å². The molecular formula is C22H39BO3. The van der Waals surface area contributed by atoms with E-state index in [1.807, 2.05) is 0 Å². The lowest BCUT2D eigenvalue weighted by atomic mass is 9.67. The maximum Gasteiger partial charge on any atom is 0.488 e. The van der Waals surface area contributed by atoms with Crippen molar-refractivity contribution in [3.63, 3.8) is 0 Å². The largest absolute Gasteiger partial charge is 0.494 e. The van der Waals surface area contributed by atoms with E-state index in [1.54, 1.807) is 24.3 Å². The highest BCUT2D eigenvalue weighted by molar-refractivity contribution is 6.58. The van der Waals surface area contributed by atoms with Gasteiger partial charge in [-0.1, -0.05) is 85.3 Å². The Bertz CT molecular complexity index is 489. The van der Waals surface area contributed by atoms with Crippen molar-refractivity contribution in [1.82, 2.24) is 0 Å². The van der Waals surface area contributed by atoms with Crippen LogP contribution in [0.2, 0.25) is 0 Å². The summed E-state index contributed by atoms with van der Waals surface area (Å²) >= 11 is 0. The maximum atomic E-state index is 9.06. The molecule has 0 radical (unpaired) electrons. The van der Waals surface area contributed by atoms with Crippen LogP contribution in [0.4, 0.5) is 0 Å². The molecule has 0 aliphatic heterocycles. The van der Waals surface area contributed by atoms with Crippen LogP contribution in [-0.2, 0) is 0 Å². The third-order valence-electron chi connectivity index (χ3n) is 5.92. The Morgan fingerprint density at radius 1 is 0.769 bits per heavy atom. The predicted octanol–water partition coefficient (Wildman–Crippen LogP) is 4.94. The molecule has 0 spiro atoms. The number of benzene rings is 1. The molecule has 0 aliphatic carbocycles. The lowest BCUT2D eigenvalue weighted by Gasteiger charge is -2.39. The Balaban J connectivity index is 2.00. The first kappa shape index (κ1) is 23.0. The molecule has 0 bridgehead atoms. The second-order valence-corrected chi connectivity index (χ2v) is 9.15. The number of unbranched alkanes of at least 4 members (excludes halogenated alkanes) is 6. The fourth-order valence-corrected chi connectivity index (χ4v) is 2.85. The first-order valence-electron chi connectivity index (χ1n) is 10.2. The van der Waals surface area contributed by atoms with Crippen LogP contribution >= 0.6 is 0 Å². The summed E-state index contributed by atoms with van der Waals surface area (Å²) in [4.78, 5) is 0. The van der Waals surface area contributed by atoms with Crippen LogP contribution in [0.1, 0.15) is 86.0 Å². The first-order chi connectivity index (χ1) is 12.1. The molecule has 0 saturated carbocycles. The molecule has 1 aromatic rings. The quantitative estimate of drug-likeness (QED) is 0.409. The highest BCUT2D eigenvalue weighted by Crippen LogP contribution is 2.41. The lowest BCUT2D eigenvalue weighted by molar-refractivity contribution is 0.115. The molecule has 0 aromatic heterocycles. The van der Waals surface area contributed by atoms with Gasteiger partial charge < -0.3 is 14.8 Å². The average Bonchev–Trinajstić information content (AvgIpc) is 2.55. The SMILES string of the molecule is CC(C)(C)C(C)(C)CCCCCCCCCOc1ccc(B(O)O)cc1. The zero-order valence-electron chi connectivity index (χ0n) is 17.6. The summed E-state index contributed by atoms with van der Waals surface area (Å²) in [6, 6.07) is 6.93. The highest BCUT2D eigenvalue weighted by atomic mass is 16.5. The van der Waals surface area contributed by atoms with E-state index in [-0.39, 0.29) is 0 Å². The van der Waals surface area contributed by atoms with Gasteiger partial charge in [0, 0.05) is 0 Å². The lowest BCUT2D eigenvalue weighted by Crippen LogP contribution is -2.29. The molecule has 2 N–H and O–H groups in total. The monoisotopic (exact) mass is 362 g/mol. The summed E-state index contributed by atoms with van der Waals surface area (Å²) < 4.78 is 5.69. The van der Waals surface area contributed by atoms with Gasteiger partial charge in [-0.3, -0.25) is 0 Å². The smallest absolute Gasteiger partial charge is 0.488 e. The molecule has 26 heavy (non-hydrogen) atoms. The van der Waals surface area contributed by atoms with Gasteiger partial charge in [-0.05, 0) is 41.3 Å². The Hall–Kier alpha value is -0.995. The molecule has 1 rings (SSSR count). The minimum absolute atomic E-state index is 0.380. The van der Waals surface area contributed by atoms with Crippen molar-refractivity contribution in [2.24, 2.45) is 10.8 Å². The summed E-state index contributed by atoms with van der Waals surface area (Å²) in [7, 11) is -1.41. The van der Waals surface area contributed by atoms with Gasteiger partial charge in [0.15, 0.2) is 0 Å². The van der Waals surface area contributed by atoms with E-state index < -0.39 is 7.12 Å². The Kier molecular flexibility index (Phi) is 9.74. The van der Waals surface area contributed by atoms with Gasteiger partial charge in [0.25, 0.3) is 0 Å². The van der Waals surface area contributed by atoms with E-state index >= 15 is 0 Å². The Morgan fingerprint density at radius 2 is 1.27 bits per heavy atom. The van der Waals surface area contributed by atoms with Gasteiger partial charge in [-0.15, -0.1) is 0 Å². The summed E-state index contributed by atoms with van der Waals surface area (Å²) in [5.41, 5.74) is 1.28. The summed E-state index contributed by atoms with van der Waals surface area (Å²) in [5, 5.41) is 18.1. The van der Waals surface area contributed by atoms with Crippen LogP contribution in [-0.4, -0.2) is 23.8 Å². The van der Waals surface area contributed by atoms with Gasteiger partial charge in [-0.25, -0.2) is 0 Å². The third kappa shape index (κ3) is 8.59. The molecule has 4 heteroatoms. The Labute approximate surface area is 161 Å². The zero-order valence-corrected chi connectivity index (χ0v) is 17.6. The van der Waals surface area contributed by atoms with Crippen molar-refractivity contribution in [1.29, 1.82) is 0 Å². The van der Waals surface area contributed by atoms with Crippen LogP contribution in [0.3, 0.4) is 0 Å². The maximum absolute atomic E-state index is 9.06. The molecule has 0 heterocycles. The highest BCUT2D eigenvalue weighted by Gasteiger charge is 2.31. The molecule has 0 atom stereocenters. The van der Waals surface area contributed by atoms with Gasteiger partial charge >= 0.3 is 7.12 Å². The van der Waals surface area contributed by atoms with Crippen molar-refractivity contribution in [2.45, 2.75) is 86.0 Å². The minimum Gasteiger partial charge on any atom is -0.494 e. The molecule has 0 fully saturated rings. The van der Waals surface area contributed by atoms with Gasteiger partial charge in [0.05, 0.1) is 6.61 Å². The zero-order chi connectivity index (χ0) is 19.6. The summed E-state index contributed by atoms with van der Waals surface area (Å²) in [6.45, 7) is 12.6. The fraction of sp³-hybridized carbons (Fsp3) is 0.727. The van der Waals surface area contributed by atoms with Gasteiger partial charge in [0.2, 0.25) is 0 Å². The second kappa shape index (κ2) is 11.0. The number of rotatable bonds is 12. The molecule has 0 aliphatic rings. The number of ether oxygens (including phenoxy) is 1. The number of hydrogen-bond donors (Lipinski definition) is 2. The van der Waals surface area contributed by atoms with Crippen LogP contribution in [0.5, 0.6) is 5.75 Å². The third-order valence-corrected chi connectivity index (χ3v) is 5.92. The molecular weight excluding hydrogens is 323 g/mol. The average molecular weight is 362 g/mol. The van der Waals surface area contributed by atoms with E-state index in [2.05, 4.69) is 34.6 Å². The van der Waals surface area contributed by atoms with Crippen LogP contribution in [0.15, 0.2) is 24.3 Å². The molecule has 0 saturated heterocycles. The first-order valence-corrected chi connectivity index (χ1v) is 10.2. The van der Waals surface area contributed by atoms with E-state index in [1.165, 1.54) is 44.9 Å². The van der Waals surface area contributed by atoms with Crippen molar-refractivity contribution in [3.05, 3.63) is 24.3 Å². The molecule has 1 aromatic carbocycles. The molecule has 3 nitrogen and oxygen atoms in total. The van der Waals surface area contributed by atoms with Gasteiger partial charge in [-0.2, -0.15) is 0 Å². The van der Waals surface area contributed by atoms with Crippen molar-refractivity contribution >= 4 is 12.6 Å². The standard InChI is InChI=1S/C22H39BO3/c1-21(2,3)22(4,5)17-11-9-7-6-8-10-12-18-26-20-15-13-19(14-16-20)23(24)25/h13-16,24-25H,6-12,17-18H2,1-5H3. The van der Waals surface area contributed by atoms with E-state index in [9.17, 15) is 0 Å². The van der Waals surface area contributed by atoms with Gasteiger partial charge in [0.1, 0.15) is 5.75 Å². The fourth-order valence-electron chi connectivity index (χ4n) is 2.85. The second-order valence-electron chi connectivity index (χ2n) is 9.15. The van der Waals surface area contributed by atoms with E-state index in [4.69, 9.17) is 14.8 Å². The normalized spacial score (nSPS) is 12.3. The topological polar surface area (TPSA) is 49.7 Å². The Morgan fingerprint density at radius 3 is 1.77 bits per heavy atom. The van der Waals surface area contributed by atoms with Crippen LogP contribution in [0.25, 0.3) is 0 Å². The summed E-state index contributed by atoms with van der Waals surface area (Å²) in [6.07, 6.45) is 10.2.